The smallest absolute Gasteiger partial charge is 0.270 e. The van der Waals surface area contributed by atoms with Gasteiger partial charge in [-0.1, -0.05) is 30.3 Å². The zero-order valence-electron chi connectivity index (χ0n) is 14.8. The maximum atomic E-state index is 12.7. The molecule has 2 heterocycles. The number of rotatable bonds is 6. The van der Waals surface area contributed by atoms with E-state index < -0.39 is 15.9 Å². The second kappa shape index (κ2) is 7.86. The van der Waals surface area contributed by atoms with Crippen LogP contribution in [0.2, 0.25) is 0 Å². The summed E-state index contributed by atoms with van der Waals surface area (Å²) in [5, 5.41) is 2.82. The van der Waals surface area contributed by atoms with E-state index in [1.165, 1.54) is 6.26 Å². The lowest BCUT2D eigenvalue weighted by atomic mass is 10.1. The molecule has 0 aliphatic carbocycles. The van der Waals surface area contributed by atoms with Crippen molar-refractivity contribution in [3.63, 3.8) is 0 Å². The van der Waals surface area contributed by atoms with Gasteiger partial charge in [0, 0.05) is 31.2 Å². The zero-order valence-corrected chi connectivity index (χ0v) is 15.6. The number of benzene rings is 1. The van der Waals surface area contributed by atoms with Crippen molar-refractivity contribution in [2.75, 3.05) is 30.0 Å². The monoisotopic (exact) mass is 373 g/mol. The van der Waals surface area contributed by atoms with Crippen molar-refractivity contribution in [3.05, 3.63) is 59.9 Å². The van der Waals surface area contributed by atoms with Gasteiger partial charge in [0.05, 0.1) is 11.8 Å². The first kappa shape index (κ1) is 18.4. The van der Waals surface area contributed by atoms with Gasteiger partial charge < -0.3 is 10.2 Å². The quantitative estimate of drug-likeness (QED) is 0.840. The maximum absolute atomic E-state index is 12.7. The molecule has 1 saturated heterocycles. The number of pyridine rings is 1. The van der Waals surface area contributed by atoms with Crippen LogP contribution in [0.15, 0.2) is 48.7 Å². The van der Waals surface area contributed by atoms with Gasteiger partial charge in [0.2, 0.25) is 0 Å². The highest BCUT2D eigenvalue weighted by Gasteiger charge is 2.22. The Bertz CT molecular complexity index is 863. The Hall–Kier alpha value is -2.41. The molecule has 1 amide bonds. The van der Waals surface area contributed by atoms with E-state index in [4.69, 9.17) is 0 Å². The van der Waals surface area contributed by atoms with Crippen molar-refractivity contribution in [1.82, 2.24) is 10.3 Å². The Morgan fingerprint density at radius 3 is 2.54 bits per heavy atom. The van der Waals surface area contributed by atoms with Crippen LogP contribution in [0.1, 0.15) is 34.9 Å². The molecule has 1 fully saturated rings. The lowest BCUT2D eigenvalue weighted by Gasteiger charge is -2.20. The normalized spacial score (nSPS) is 15.7. The van der Waals surface area contributed by atoms with Crippen LogP contribution in [-0.4, -0.2) is 44.4 Å². The third-order valence-corrected chi connectivity index (χ3v) is 5.36. The Balaban J connectivity index is 1.80. The first-order valence-electron chi connectivity index (χ1n) is 8.67. The molecule has 3 rings (SSSR count). The average molecular weight is 373 g/mol. The van der Waals surface area contributed by atoms with Gasteiger partial charge in [-0.25, -0.2) is 8.42 Å². The molecular weight excluding hydrogens is 350 g/mol. The van der Waals surface area contributed by atoms with Crippen LogP contribution in [0.5, 0.6) is 0 Å². The lowest BCUT2D eigenvalue weighted by molar-refractivity contribution is 0.0935. The number of hydrogen-bond donors (Lipinski definition) is 1. The highest BCUT2D eigenvalue weighted by molar-refractivity contribution is 7.90. The third kappa shape index (κ3) is 4.82. The molecule has 1 aliphatic heterocycles. The number of nitrogens with one attached hydrogen (secondary N) is 1. The molecule has 0 radical (unpaired) electrons. The van der Waals surface area contributed by atoms with Gasteiger partial charge in [0.15, 0.2) is 0 Å². The largest absolute Gasteiger partial charge is 0.371 e. The summed E-state index contributed by atoms with van der Waals surface area (Å²) in [6, 6.07) is 12.2. The van der Waals surface area contributed by atoms with Gasteiger partial charge in [0.25, 0.3) is 5.91 Å². The van der Waals surface area contributed by atoms with Crippen molar-refractivity contribution in [2.45, 2.75) is 18.9 Å². The second-order valence-corrected chi connectivity index (χ2v) is 8.81. The summed E-state index contributed by atoms with van der Waals surface area (Å²) in [6.45, 7) is 1.96. The molecule has 0 spiro atoms. The summed E-state index contributed by atoms with van der Waals surface area (Å²) in [5.41, 5.74) is 2.02. The minimum atomic E-state index is -3.26. The topological polar surface area (TPSA) is 79.4 Å². The SMILES string of the molecule is CS(=O)(=O)CC(NC(=O)c1cc(N2CCCC2)ccn1)c1ccccc1. The minimum Gasteiger partial charge on any atom is -0.371 e. The van der Waals surface area contributed by atoms with E-state index in [9.17, 15) is 13.2 Å². The van der Waals surface area contributed by atoms with Crippen LogP contribution in [0, 0.1) is 0 Å². The number of carbonyl (C=O) groups excluding carboxylic acids is 1. The zero-order chi connectivity index (χ0) is 18.6. The molecule has 0 bridgehead atoms. The van der Waals surface area contributed by atoms with Crippen molar-refractivity contribution in [2.24, 2.45) is 0 Å². The summed E-state index contributed by atoms with van der Waals surface area (Å²) in [7, 11) is -3.26. The highest BCUT2D eigenvalue weighted by atomic mass is 32.2. The Morgan fingerprint density at radius 1 is 1.19 bits per heavy atom. The molecule has 1 unspecified atom stereocenters. The molecule has 1 aliphatic rings. The molecule has 6 nitrogen and oxygen atoms in total. The van der Waals surface area contributed by atoms with E-state index in [0.29, 0.717) is 5.69 Å². The summed E-state index contributed by atoms with van der Waals surface area (Å²) in [4.78, 5) is 19.1. The molecule has 1 aromatic heterocycles. The number of amides is 1. The third-order valence-electron chi connectivity index (χ3n) is 4.42. The van der Waals surface area contributed by atoms with E-state index in [1.54, 1.807) is 12.3 Å². The van der Waals surface area contributed by atoms with Gasteiger partial charge in [-0.15, -0.1) is 0 Å². The Kier molecular flexibility index (Phi) is 5.56. The number of sulfone groups is 1. The molecule has 26 heavy (non-hydrogen) atoms. The van der Waals surface area contributed by atoms with E-state index in [1.807, 2.05) is 36.4 Å². The molecule has 1 aromatic carbocycles. The van der Waals surface area contributed by atoms with Crippen LogP contribution in [0.4, 0.5) is 5.69 Å². The standard InChI is InChI=1S/C19H23N3O3S/c1-26(24,25)14-18(15-7-3-2-4-8-15)21-19(23)17-13-16(9-10-20-17)22-11-5-6-12-22/h2-4,7-10,13,18H,5-6,11-12,14H2,1H3,(H,21,23). The predicted octanol–water partition coefficient (Wildman–Crippen LogP) is 2.20. The van der Waals surface area contributed by atoms with Crippen LogP contribution in [-0.2, 0) is 9.84 Å². The second-order valence-electron chi connectivity index (χ2n) is 6.62. The highest BCUT2D eigenvalue weighted by Crippen LogP contribution is 2.21. The number of anilines is 1. The summed E-state index contributed by atoms with van der Waals surface area (Å²) in [6.07, 6.45) is 5.08. The predicted molar refractivity (Wildman–Crippen MR) is 102 cm³/mol. The number of carbonyl (C=O) groups is 1. The molecular formula is C19H23N3O3S. The van der Waals surface area contributed by atoms with Crippen molar-refractivity contribution in [3.8, 4) is 0 Å². The van der Waals surface area contributed by atoms with Gasteiger partial charge in [-0.2, -0.15) is 0 Å². The van der Waals surface area contributed by atoms with Crippen molar-refractivity contribution < 1.29 is 13.2 Å². The minimum absolute atomic E-state index is 0.158. The van der Waals surface area contributed by atoms with E-state index in [2.05, 4.69) is 15.2 Å². The van der Waals surface area contributed by atoms with Crippen LogP contribution in [0.25, 0.3) is 0 Å². The molecule has 7 heteroatoms. The molecule has 1 N–H and O–H groups in total. The first-order chi connectivity index (χ1) is 12.4. The van der Waals surface area contributed by atoms with Crippen molar-refractivity contribution in [1.29, 1.82) is 0 Å². The summed E-state index contributed by atoms with van der Waals surface area (Å²) < 4.78 is 23.6. The maximum Gasteiger partial charge on any atom is 0.270 e. The fraction of sp³-hybridized carbons (Fsp3) is 0.368. The van der Waals surface area contributed by atoms with Gasteiger partial charge in [0.1, 0.15) is 15.5 Å². The Labute approximate surface area is 154 Å². The molecule has 1 atom stereocenters. The lowest BCUT2D eigenvalue weighted by Crippen LogP contribution is -2.33. The van der Waals surface area contributed by atoms with E-state index in [0.717, 1.165) is 37.2 Å². The van der Waals surface area contributed by atoms with Crippen LogP contribution in [0.3, 0.4) is 0 Å². The Morgan fingerprint density at radius 2 is 1.88 bits per heavy atom. The number of nitrogens with zero attached hydrogens (tertiary/aromatic N) is 2. The molecule has 2 aromatic rings. The van der Waals surface area contributed by atoms with Gasteiger partial charge >= 0.3 is 0 Å². The van der Waals surface area contributed by atoms with E-state index >= 15 is 0 Å². The molecule has 138 valence electrons. The van der Waals surface area contributed by atoms with Crippen LogP contribution < -0.4 is 10.2 Å². The first-order valence-corrected chi connectivity index (χ1v) is 10.7. The van der Waals surface area contributed by atoms with Crippen LogP contribution >= 0.6 is 0 Å². The fourth-order valence-electron chi connectivity index (χ4n) is 3.16. The number of aromatic nitrogens is 1. The number of hydrogen-bond acceptors (Lipinski definition) is 5. The average Bonchev–Trinajstić information content (AvgIpc) is 3.15. The van der Waals surface area contributed by atoms with Crippen molar-refractivity contribution >= 4 is 21.4 Å². The summed E-state index contributed by atoms with van der Waals surface area (Å²) >= 11 is 0. The summed E-state index contributed by atoms with van der Waals surface area (Å²) in [5.74, 6) is -0.530. The van der Waals surface area contributed by atoms with E-state index in [-0.39, 0.29) is 11.7 Å². The van der Waals surface area contributed by atoms with Gasteiger partial charge in [-0.05, 0) is 30.5 Å². The van der Waals surface area contributed by atoms with Gasteiger partial charge in [-0.3, -0.25) is 9.78 Å². The fourth-order valence-corrected chi connectivity index (χ4v) is 4.04. The molecule has 0 saturated carbocycles.